The molecular formula is C26H30N2O6. The minimum absolute atomic E-state index is 0.0310. The maximum atomic E-state index is 12.8. The SMILES string of the molecule is COC(CCNC(=O)OCC1c2ccccc2-c2ccccc21)C(=O)N1CCC(C)C1C(=O)O. The predicted octanol–water partition coefficient (Wildman–Crippen LogP) is 3.25. The van der Waals surface area contributed by atoms with Crippen LogP contribution in [0.4, 0.5) is 4.79 Å². The zero-order chi connectivity index (χ0) is 24.2. The molecule has 0 bridgehead atoms. The van der Waals surface area contributed by atoms with Gasteiger partial charge in [0.25, 0.3) is 5.91 Å². The van der Waals surface area contributed by atoms with Gasteiger partial charge in [0.05, 0.1) is 0 Å². The minimum Gasteiger partial charge on any atom is -0.480 e. The molecule has 8 heteroatoms. The molecule has 0 saturated carbocycles. The van der Waals surface area contributed by atoms with Crippen LogP contribution >= 0.6 is 0 Å². The van der Waals surface area contributed by atoms with Crippen LogP contribution in [0, 0.1) is 5.92 Å². The van der Waals surface area contributed by atoms with Crippen LogP contribution in [-0.4, -0.2) is 66.9 Å². The predicted molar refractivity (Wildman–Crippen MR) is 125 cm³/mol. The number of alkyl carbamates (subject to hydrolysis) is 1. The van der Waals surface area contributed by atoms with Gasteiger partial charge in [-0.3, -0.25) is 4.79 Å². The number of nitrogens with zero attached hydrogens (tertiary/aromatic N) is 1. The summed E-state index contributed by atoms with van der Waals surface area (Å²) in [6.07, 6.45) is -0.545. The van der Waals surface area contributed by atoms with Crippen LogP contribution in [0.2, 0.25) is 0 Å². The van der Waals surface area contributed by atoms with Crippen molar-refractivity contribution in [1.82, 2.24) is 10.2 Å². The Balaban J connectivity index is 1.29. The Morgan fingerprint density at radius 3 is 2.29 bits per heavy atom. The molecule has 180 valence electrons. The molecule has 2 amide bonds. The molecule has 4 rings (SSSR count). The van der Waals surface area contributed by atoms with Crippen LogP contribution < -0.4 is 5.32 Å². The van der Waals surface area contributed by atoms with Crippen LogP contribution in [0.15, 0.2) is 48.5 Å². The maximum absolute atomic E-state index is 12.8. The van der Waals surface area contributed by atoms with Crippen molar-refractivity contribution in [3.05, 3.63) is 59.7 Å². The number of hydrogen-bond acceptors (Lipinski definition) is 5. The molecule has 0 aromatic heterocycles. The number of rotatable bonds is 8. The number of nitrogens with one attached hydrogen (secondary N) is 1. The zero-order valence-corrected chi connectivity index (χ0v) is 19.4. The molecule has 0 spiro atoms. The Hall–Kier alpha value is -3.39. The second kappa shape index (κ2) is 10.3. The van der Waals surface area contributed by atoms with E-state index in [0.29, 0.717) is 13.0 Å². The highest BCUT2D eigenvalue weighted by Gasteiger charge is 2.41. The first-order valence-corrected chi connectivity index (χ1v) is 11.6. The number of carbonyl (C=O) groups is 3. The molecule has 1 aliphatic heterocycles. The van der Waals surface area contributed by atoms with E-state index >= 15 is 0 Å². The van der Waals surface area contributed by atoms with Crippen LogP contribution in [0.3, 0.4) is 0 Å². The molecule has 1 heterocycles. The van der Waals surface area contributed by atoms with Crippen molar-refractivity contribution in [1.29, 1.82) is 0 Å². The summed E-state index contributed by atoms with van der Waals surface area (Å²) < 4.78 is 10.8. The maximum Gasteiger partial charge on any atom is 0.407 e. The molecule has 34 heavy (non-hydrogen) atoms. The van der Waals surface area contributed by atoms with Crippen molar-refractivity contribution in [2.24, 2.45) is 5.92 Å². The Morgan fingerprint density at radius 2 is 1.71 bits per heavy atom. The number of ether oxygens (including phenoxy) is 2. The van der Waals surface area contributed by atoms with E-state index < -0.39 is 24.2 Å². The Labute approximate surface area is 198 Å². The minimum atomic E-state index is -1.01. The van der Waals surface area contributed by atoms with Crippen molar-refractivity contribution in [2.75, 3.05) is 26.8 Å². The van der Waals surface area contributed by atoms with Crippen molar-refractivity contribution >= 4 is 18.0 Å². The first-order valence-electron chi connectivity index (χ1n) is 11.6. The topological polar surface area (TPSA) is 105 Å². The number of hydrogen-bond donors (Lipinski definition) is 2. The first-order chi connectivity index (χ1) is 16.4. The summed E-state index contributed by atoms with van der Waals surface area (Å²) >= 11 is 0. The van der Waals surface area contributed by atoms with Gasteiger partial charge in [-0.25, -0.2) is 9.59 Å². The largest absolute Gasteiger partial charge is 0.480 e. The third-order valence-electron chi connectivity index (χ3n) is 6.82. The molecule has 3 unspecified atom stereocenters. The highest BCUT2D eigenvalue weighted by Crippen LogP contribution is 2.44. The van der Waals surface area contributed by atoms with Gasteiger partial charge >= 0.3 is 12.1 Å². The van der Waals surface area contributed by atoms with Gasteiger partial charge in [-0.05, 0) is 34.6 Å². The average molecular weight is 467 g/mol. The fourth-order valence-electron chi connectivity index (χ4n) is 5.05. The molecule has 2 N–H and O–H groups in total. The first kappa shape index (κ1) is 23.8. The van der Waals surface area contributed by atoms with E-state index in [-0.39, 0.29) is 37.3 Å². The number of carboxylic acid groups (broad SMARTS) is 1. The molecule has 2 aromatic carbocycles. The standard InChI is InChI=1S/C26H30N2O6/c1-16-12-14-28(23(16)25(30)31)24(29)22(33-2)11-13-27-26(32)34-15-21-19-9-5-3-7-17(19)18-8-4-6-10-20(18)21/h3-10,16,21-23H,11-15H2,1-2H3,(H,27,32)(H,30,31). The van der Waals surface area contributed by atoms with Gasteiger partial charge in [-0.15, -0.1) is 0 Å². The number of amides is 2. The summed E-state index contributed by atoms with van der Waals surface area (Å²) in [5.74, 6) is -1.52. The van der Waals surface area contributed by atoms with Gasteiger partial charge in [0, 0.05) is 32.5 Å². The van der Waals surface area contributed by atoms with Gasteiger partial charge in [0.15, 0.2) is 0 Å². The van der Waals surface area contributed by atoms with Gasteiger partial charge in [0.1, 0.15) is 18.8 Å². The third kappa shape index (κ3) is 4.63. The fraction of sp³-hybridized carbons (Fsp3) is 0.423. The zero-order valence-electron chi connectivity index (χ0n) is 19.4. The summed E-state index contributed by atoms with van der Waals surface area (Å²) in [5, 5.41) is 12.1. The Morgan fingerprint density at radius 1 is 1.09 bits per heavy atom. The summed E-state index contributed by atoms with van der Waals surface area (Å²) in [4.78, 5) is 38.1. The molecule has 0 radical (unpaired) electrons. The Bertz CT molecular complexity index is 1030. The number of methoxy groups -OCH3 is 1. The summed E-state index contributed by atoms with van der Waals surface area (Å²) in [7, 11) is 1.41. The van der Waals surface area contributed by atoms with E-state index in [9.17, 15) is 19.5 Å². The van der Waals surface area contributed by atoms with Crippen molar-refractivity contribution < 1.29 is 29.0 Å². The highest BCUT2D eigenvalue weighted by atomic mass is 16.5. The molecule has 1 fully saturated rings. The molecule has 8 nitrogen and oxygen atoms in total. The van der Waals surface area contributed by atoms with Crippen LogP contribution in [0.5, 0.6) is 0 Å². The normalized spacial score (nSPS) is 19.9. The van der Waals surface area contributed by atoms with E-state index in [2.05, 4.69) is 29.6 Å². The number of carbonyl (C=O) groups excluding carboxylic acids is 2. The fourth-order valence-corrected chi connectivity index (χ4v) is 5.05. The van der Waals surface area contributed by atoms with Crippen molar-refractivity contribution in [3.63, 3.8) is 0 Å². The summed E-state index contributed by atoms with van der Waals surface area (Å²) in [6, 6.07) is 15.4. The van der Waals surface area contributed by atoms with Crippen molar-refractivity contribution in [3.8, 4) is 11.1 Å². The van der Waals surface area contributed by atoms with E-state index in [0.717, 1.165) is 22.3 Å². The summed E-state index contributed by atoms with van der Waals surface area (Å²) in [5.41, 5.74) is 4.58. The lowest BCUT2D eigenvalue weighted by Gasteiger charge is -2.27. The van der Waals surface area contributed by atoms with Gasteiger partial charge in [0.2, 0.25) is 0 Å². The molecule has 2 aromatic rings. The monoisotopic (exact) mass is 466 g/mol. The quantitative estimate of drug-likeness (QED) is 0.619. The smallest absolute Gasteiger partial charge is 0.407 e. The van der Waals surface area contributed by atoms with Crippen LogP contribution in [0.1, 0.15) is 36.8 Å². The number of aliphatic carboxylic acids is 1. The van der Waals surface area contributed by atoms with E-state index in [1.807, 2.05) is 31.2 Å². The van der Waals surface area contributed by atoms with Gasteiger partial charge in [-0.2, -0.15) is 0 Å². The number of likely N-dealkylation sites (tertiary alicyclic amines) is 1. The lowest BCUT2D eigenvalue weighted by Crippen LogP contribution is -2.48. The van der Waals surface area contributed by atoms with E-state index in [1.165, 1.54) is 12.0 Å². The molecule has 1 saturated heterocycles. The van der Waals surface area contributed by atoms with Crippen LogP contribution in [-0.2, 0) is 19.1 Å². The molecule has 2 aliphatic rings. The number of benzene rings is 2. The molecule has 1 aliphatic carbocycles. The second-order valence-electron chi connectivity index (χ2n) is 8.85. The van der Waals surface area contributed by atoms with E-state index in [1.54, 1.807) is 0 Å². The van der Waals surface area contributed by atoms with E-state index in [4.69, 9.17) is 9.47 Å². The highest BCUT2D eigenvalue weighted by molar-refractivity contribution is 5.87. The van der Waals surface area contributed by atoms with Gasteiger partial charge in [-0.1, -0.05) is 55.5 Å². The number of fused-ring (bicyclic) bond motifs is 3. The summed E-state index contributed by atoms with van der Waals surface area (Å²) in [6.45, 7) is 2.59. The second-order valence-corrected chi connectivity index (χ2v) is 8.85. The average Bonchev–Trinajstić information content (AvgIpc) is 3.38. The number of carboxylic acids is 1. The molecule has 3 atom stereocenters. The van der Waals surface area contributed by atoms with Gasteiger partial charge < -0.3 is 24.8 Å². The van der Waals surface area contributed by atoms with Crippen molar-refractivity contribution in [2.45, 2.75) is 37.8 Å². The molecular weight excluding hydrogens is 436 g/mol. The third-order valence-corrected chi connectivity index (χ3v) is 6.82. The van der Waals surface area contributed by atoms with Crippen LogP contribution in [0.25, 0.3) is 11.1 Å². The Kier molecular flexibility index (Phi) is 7.17. The lowest BCUT2D eigenvalue weighted by atomic mass is 9.98. The lowest BCUT2D eigenvalue weighted by molar-refractivity contribution is -0.154.